The number of hydrogen-bond donors (Lipinski definition) is 3. The van der Waals surface area contributed by atoms with Crippen LogP contribution >= 0.6 is 27.5 Å². The Hall–Kier alpha value is -3.54. The molecule has 8 nitrogen and oxygen atoms in total. The molecule has 1 saturated heterocycles. The molecule has 12 heteroatoms. The lowest BCUT2D eigenvalue weighted by molar-refractivity contribution is -0.139. The van der Waals surface area contributed by atoms with Crippen LogP contribution in [-0.4, -0.2) is 43.0 Å². The predicted molar refractivity (Wildman–Crippen MR) is 155 cm³/mol. The topological polar surface area (TPSA) is 106 Å². The molecule has 1 aliphatic heterocycles. The van der Waals surface area contributed by atoms with Gasteiger partial charge in [0.2, 0.25) is 0 Å². The first-order valence-electron chi connectivity index (χ1n) is 12.7. The van der Waals surface area contributed by atoms with Crippen LogP contribution in [0, 0.1) is 0 Å². The van der Waals surface area contributed by atoms with Gasteiger partial charge in [-0.05, 0) is 79.9 Å². The van der Waals surface area contributed by atoms with Gasteiger partial charge in [0.1, 0.15) is 18.0 Å². The van der Waals surface area contributed by atoms with E-state index in [1.807, 2.05) is 0 Å². The van der Waals surface area contributed by atoms with Gasteiger partial charge in [-0.2, -0.15) is 0 Å². The van der Waals surface area contributed by atoms with E-state index in [2.05, 4.69) is 31.9 Å². The Labute approximate surface area is 248 Å². The Morgan fingerprint density at radius 1 is 1.00 bits per heavy atom. The van der Waals surface area contributed by atoms with Crippen LogP contribution in [-0.2, 0) is 16.1 Å². The average molecular weight is 651 g/mol. The number of amides is 3. The quantitative estimate of drug-likeness (QED) is 0.234. The van der Waals surface area contributed by atoms with Crippen LogP contribution in [0.5, 0.6) is 5.75 Å². The molecular formula is C29H27BrClF2N3O5. The van der Waals surface area contributed by atoms with Crippen molar-refractivity contribution in [2.24, 2.45) is 0 Å². The Bertz CT molecular complexity index is 1430. The first-order valence-corrected chi connectivity index (χ1v) is 13.8. The average Bonchev–Trinajstić information content (AvgIpc) is 3.40. The smallest absolute Gasteiger partial charge is 0.272 e. The van der Waals surface area contributed by atoms with Crippen molar-refractivity contribution in [1.29, 1.82) is 0 Å². The fourth-order valence-corrected chi connectivity index (χ4v) is 4.65. The second kappa shape index (κ2) is 13.4. The molecule has 1 aliphatic rings. The second-order valence-electron chi connectivity index (χ2n) is 9.51. The van der Waals surface area contributed by atoms with Gasteiger partial charge in [-0.25, -0.2) is 8.78 Å². The van der Waals surface area contributed by atoms with Gasteiger partial charge in [-0.3, -0.25) is 14.4 Å². The molecule has 1 heterocycles. The van der Waals surface area contributed by atoms with Crippen molar-refractivity contribution < 1.29 is 32.6 Å². The molecule has 0 bridgehead atoms. The van der Waals surface area contributed by atoms with Crippen molar-refractivity contribution >= 4 is 56.6 Å². The number of rotatable bonds is 10. The molecule has 3 amide bonds. The molecule has 3 aromatic carbocycles. The highest BCUT2D eigenvalue weighted by molar-refractivity contribution is 9.10. The maximum Gasteiger partial charge on any atom is 0.272 e. The number of alkyl halides is 2. The minimum Gasteiger partial charge on any atom is -0.487 e. The van der Waals surface area contributed by atoms with E-state index < -0.39 is 30.4 Å². The molecule has 216 valence electrons. The van der Waals surface area contributed by atoms with Crippen LogP contribution in [0.4, 0.5) is 20.2 Å². The van der Waals surface area contributed by atoms with E-state index >= 15 is 0 Å². The molecular weight excluding hydrogens is 624 g/mol. The maximum atomic E-state index is 13.2. The summed E-state index contributed by atoms with van der Waals surface area (Å²) >= 11 is 9.62. The summed E-state index contributed by atoms with van der Waals surface area (Å²) < 4.78 is 37.2. The standard InChI is InChI=1S/C29H27BrClF2N3O5/c1-29(11-2-12-41-29)28(39)34-15-17-3-9-23(31)21(13-17)26(37)36-20-8-10-24(40-16-25(32)33)22(14-20)27(38)35-19-6-4-18(30)5-7-19/h3-10,13-14,25H,2,11-12,15-16H2,1H3,(H,34,39)(H,35,38)(H,36,37). The first-order chi connectivity index (χ1) is 19.5. The van der Waals surface area contributed by atoms with Crippen molar-refractivity contribution in [3.05, 3.63) is 86.8 Å². The lowest BCUT2D eigenvalue weighted by Gasteiger charge is -2.22. The number of carbonyl (C=O) groups is 3. The van der Waals surface area contributed by atoms with Crippen LogP contribution in [0.25, 0.3) is 0 Å². The lowest BCUT2D eigenvalue weighted by atomic mass is 10.0. The van der Waals surface area contributed by atoms with Gasteiger partial charge < -0.3 is 25.4 Å². The van der Waals surface area contributed by atoms with Crippen molar-refractivity contribution in [1.82, 2.24) is 5.32 Å². The van der Waals surface area contributed by atoms with Crippen molar-refractivity contribution in [2.45, 2.75) is 38.3 Å². The Kier molecular flexibility index (Phi) is 9.95. The number of hydrogen-bond acceptors (Lipinski definition) is 5. The van der Waals surface area contributed by atoms with Crippen LogP contribution in [0.2, 0.25) is 5.02 Å². The fraction of sp³-hybridized carbons (Fsp3) is 0.276. The fourth-order valence-electron chi connectivity index (χ4n) is 4.18. The highest BCUT2D eigenvalue weighted by atomic mass is 79.9. The molecule has 0 saturated carbocycles. The summed E-state index contributed by atoms with van der Waals surface area (Å²) in [4.78, 5) is 38.8. The van der Waals surface area contributed by atoms with Crippen molar-refractivity contribution in [2.75, 3.05) is 23.8 Å². The van der Waals surface area contributed by atoms with E-state index in [0.717, 1.165) is 10.9 Å². The molecule has 3 N–H and O–H groups in total. The molecule has 4 rings (SSSR count). The van der Waals surface area contributed by atoms with Gasteiger partial charge in [0, 0.05) is 29.0 Å². The van der Waals surface area contributed by atoms with Crippen LogP contribution in [0.1, 0.15) is 46.0 Å². The summed E-state index contributed by atoms with van der Waals surface area (Å²) in [5, 5.41) is 8.37. The van der Waals surface area contributed by atoms with Gasteiger partial charge >= 0.3 is 0 Å². The Balaban J connectivity index is 1.50. The highest BCUT2D eigenvalue weighted by Gasteiger charge is 2.37. The van der Waals surface area contributed by atoms with E-state index in [4.69, 9.17) is 21.1 Å². The van der Waals surface area contributed by atoms with Crippen LogP contribution < -0.4 is 20.7 Å². The Morgan fingerprint density at radius 3 is 2.37 bits per heavy atom. The highest BCUT2D eigenvalue weighted by Crippen LogP contribution is 2.28. The van der Waals surface area contributed by atoms with Gasteiger partial charge in [-0.15, -0.1) is 0 Å². The van der Waals surface area contributed by atoms with Crippen molar-refractivity contribution in [3.63, 3.8) is 0 Å². The SMILES string of the molecule is CC1(C(=O)NCc2ccc(Cl)c(C(=O)Nc3ccc(OCC(F)F)c(C(=O)Nc4ccc(Br)cc4)c3)c2)CCCO1. The molecule has 1 atom stereocenters. The third-order valence-electron chi connectivity index (χ3n) is 6.38. The largest absolute Gasteiger partial charge is 0.487 e. The summed E-state index contributed by atoms with van der Waals surface area (Å²) in [5.74, 6) is -1.51. The number of ether oxygens (including phenoxy) is 2. The van der Waals surface area contributed by atoms with Gasteiger partial charge in [0.25, 0.3) is 24.1 Å². The third kappa shape index (κ3) is 8.02. The number of halogens is 4. The lowest BCUT2D eigenvalue weighted by Crippen LogP contribution is -2.43. The van der Waals surface area contributed by atoms with Gasteiger partial charge in [0.05, 0.1) is 16.1 Å². The predicted octanol–water partition coefficient (Wildman–Crippen LogP) is 6.44. The Morgan fingerprint density at radius 2 is 1.68 bits per heavy atom. The summed E-state index contributed by atoms with van der Waals surface area (Å²) in [6.07, 6.45) is -1.31. The summed E-state index contributed by atoms with van der Waals surface area (Å²) in [6.45, 7) is 1.52. The molecule has 0 radical (unpaired) electrons. The summed E-state index contributed by atoms with van der Waals surface area (Å²) in [6, 6.07) is 15.6. The molecule has 1 fully saturated rings. The summed E-state index contributed by atoms with van der Waals surface area (Å²) in [5.41, 5.74) is 0.522. The molecule has 1 unspecified atom stereocenters. The minimum absolute atomic E-state index is 0.0587. The molecule has 41 heavy (non-hydrogen) atoms. The van der Waals surface area contributed by atoms with E-state index in [-0.39, 0.29) is 40.0 Å². The zero-order valence-corrected chi connectivity index (χ0v) is 24.3. The minimum atomic E-state index is -2.75. The third-order valence-corrected chi connectivity index (χ3v) is 7.23. The molecule has 0 spiro atoms. The van der Waals surface area contributed by atoms with Gasteiger partial charge in [-0.1, -0.05) is 33.6 Å². The normalized spacial score (nSPS) is 16.3. The van der Waals surface area contributed by atoms with E-state index in [1.165, 1.54) is 18.2 Å². The first kappa shape index (κ1) is 30.4. The zero-order valence-electron chi connectivity index (χ0n) is 21.9. The molecule has 3 aromatic rings. The zero-order chi connectivity index (χ0) is 29.6. The van der Waals surface area contributed by atoms with Crippen LogP contribution in [0.15, 0.2) is 65.1 Å². The number of benzene rings is 3. The number of carbonyl (C=O) groups excluding carboxylic acids is 3. The second-order valence-corrected chi connectivity index (χ2v) is 10.8. The van der Waals surface area contributed by atoms with Crippen molar-refractivity contribution in [3.8, 4) is 5.75 Å². The molecule has 0 aromatic heterocycles. The summed E-state index contributed by atoms with van der Waals surface area (Å²) in [7, 11) is 0. The maximum absolute atomic E-state index is 13.2. The number of anilines is 2. The molecule has 0 aliphatic carbocycles. The number of nitrogens with one attached hydrogen (secondary N) is 3. The van der Waals surface area contributed by atoms with E-state index in [9.17, 15) is 23.2 Å². The van der Waals surface area contributed by atoms with Gasteiger partial charge in [0.15, 0.2) is 0 Å². The van der Waals surface area contributed by atoms with E-state index in [1.54, 1.807) is 49.4 Å². The monoisotopic (exact) mass is 649 g/mol. The van der Waals surface area contributed by atoms with Crippen LogP contribution in [0.3, 0.4) is 0 Å². The van der Waals surface area contributed by atoms with E-state index in [0.29, 0.717) is 24.3 Å².